The molecule has 0 atom stereocenters. The Morgan fingerprint density at radius 3 is 2.33 bits per heavy atom. The Morgan fingerprint density at radius 2 is 1.74 bits per heavy atom. The van der Waals surface area contributed by atoms with E-state index in [0.717, 1.165) is 23.4 Å². The molecule has 2 aromatic carbocycles. The number of benzene rings is 2. The van der Waals surface area contributed by atoms with Crippen LogP contribution in [-0.2, 0) is 4.79 Å². The van der Waals surface area contributed by atoms with E-state index in [2.05, 4.69) is 5.32 Å². The van der Waals surface area contributed by atoms with E-state index < -0.39 is 11.7 Å². The maximum Gasteiger partial charge on any atom is 0.290 e. The summed E-state index contributed by atoms with van der Waals surface area (Å²) >= 11 is 0.860. The first kappa shape index (κ1) is 18.5. The number of nitriles is 1. The van der Waals surface area contributed by atoms with Gasteiger partial charge in [0, 0.05) is 6.07 Å². The Labute approximate surface area is 158 Å². The van der Waals surface area contributed by atoms with Gasteiger partial charge in [0.25, 0.3) is 11.1 Å². The lowest BCUT2D eigenvalue weighted by Crippen LogP contribution is -2.17. The van der Waals surface area contributed by atoms with Gasteiger partial charge in [-0.3, -0.25) is 14.9 Å². The molecule has 136 valence electrons. The van der Waals surface area contributed by atoms with Crippen LogP contribution in [0.1, 0.15) is 11.1 Å². The average molecular weight is 384 g/mol. The Balaban J connectivity index is 1.49. The molecule has 0 aliphatic carbocycles. The normalized spacial score (nSPS) is 14.7. The monoisotopic (exact) mass is 384 g/mol. The van der Waals surface area contributed by atoms with Gasteiger partial charge in [-0.2, -0.15) is 5.26 Å². The van der Waals surface area contributed by atoms with Crippen LogP contribution in [0.5, 0.6) is 11.5 Å². The van der Waals surface area contributed by atoms with Crippen molar-refractivity contribution in [1.82, 2.24) is 5.32 Å². The molecule has 1 fully saturated rings. The number of nitrogens with zero attached hydrogens (tertiary/aromatic N) is 1. The highest BCUT2D eigenvalue weighted by Crippen LogP contribution is 2.26. The number of thioether (sulfide) groups is 1. The van der Waals surface area contributed by atoms with Crippen LogP contribution in [0.2, 0.25) is 0 Å². The number of ether oxygens (including phenoxy) is 2. The molecule has 2 aromatic rings. The van der Waals surface area contributed by atoms with E-state index in [1.807, 2.05) is 0 Å². The second kappa shape index (κ2) is 8.38. The van der Waals surface area contributed by atoms with Gasteiger partial charge in [0.05, 0.1) is 10.5 Å². The lowest BCUT2D eigenvalue weighted by atomic mass is 10.2. The number of halogens is 1. The molecule has 2 amide bonds. The highest BCUT2D eigenvalue weighted by Gasteiger charge is 2.24. The van der Waals surface area contributed by atoms with Gasteiger partial charge in [-0.1, -0.05) is 12.1 Å². The third-order valence-corrected chi connectivity index (χ3v) is 4.31. The second-order valence-corrected chi connectivity index (χ2v) is 6.39. The lowest BCUT2D eigenvalue weighted by Gasteiger charge is -2.09. The Kier molecular flexibility index (Phi) is 5.74. The van der Waals surface area contributed by atoms with Crippen LogP contribution < -0.4 is 14.8 Å². The summed E-state index contributed by atoms with van der Waals surface area (Å²) in [4.78, 5) is 23.0. The van der Waals surface area contributed by atoms with Crippen molar-refractivity contribution in [3.63, 3.8) is 0 Å². The van der Waals surface area contributed by atoms with Gasteiger partial charge in [0.1, 0.15) is 36.6 Å². The summed E-state index contributed by atoms with van der Waals surface area (Å²) in [6.45, 7) is 0.449. The lowest BCUT2D eigenvalue weighted by molar-refractivity contribution is -0.115. The Bertz CT molecular complexity index is 951. The third-order valence-electron chi connectivity index (χ3n) is 3.50. The van der Waals surface area contributed by atoms with Crippen LogP contribution in [0.3, 0.4) is 0 Å². The molecule has 1 aliphatic heterocycles. The van der Waals surface area contributed by atoms with Crippen molar-refractivity contribution < 1.29 is 23.5 Å². The zero-order valence-electron chi connectivity index (χ0n) is 13.9. The van der Waals surface area contributed by atoms with E-state index in [4.69, 9.17) is 14.7 Å². The second-order valence-electron chi connectivity index (χ2n) is 5.37. The third kappa shape index (κ3) is 4.86. The summed E-state index contributed by atoms with van der Waals surface area (Å²) in [6.07, 6.45) is 1.62. The molecular formula is C19H13FN2O4S. The molecule has 27 heavy (non-hydrogen) atoms. The van der Waals surface area contributed by atoms with E-state index in [1.165, 1.54) is 12.1 Å². The molecule has 0 aromatic heterocycles. The standard InChI is InChI=1S/C19H13FN2O4S/c20-16-10-15(6-3-13(16)11-21)26-8-7-25-14-4-1-12(2-5-14)9-17-18(23)22-19(24)27-17/h1-6,9-10H,7-8H2,(H,22,23,24)/b17-9-. The first-order valence-electron chi connectivity index (χ1n) is 7.85. The number of carbonyl (C=O) groups is 2. The number of amides is 2. The molecule has 0 spiro atoms. The summed E-state index contributed by atoms with van der Waals surface area (Å²) in [5, 5.41) is 10.5. The van der Waals surface area contributed by atoms with Crippen molar-refractivity contribution in [2.75, 3.05) is 13.2 Å². The molecule has 1 aliphatic rings. The Hall–Kier alpha value is -3.31. The highest BCUT2D eigenvalue weighted by molar-refractivity contribution is 8.18. The molecule has 0 unspecified atom stereocenters. The molecule has 8 heteroatoms. The van der Waals surface area contributed by atoms with Crippen LogP contribution in [-0.4, -0.2) is 24.4 Å². The molecule has 0 bridgehead atoms. The number of nitrogens with one attached hydrogen (secondary N) is 1. The van der Waals surface area contributed by atoms with Gasteiger partial charge in [-0.05, 0) is 47.7 Å². The molecule has 3 rings (SSSR count). The van der Waals surface area contributed by atoms with Crippen LogP contribution in [0, 0.1) is 17.1 Å². The maximum absolute atomic E-state index is 13.5. The summed E-state index contributed by atoms with van der Waals surface area (Å²) < 4.78 is 24.4. The number of hydrogen-bond acceptors (Lipinski definition) is 6. The van der Waals surface area contributed by atoms with Gasteiger partial charge in [-0.15, -0.1) is 0 Å². The summed E-state index contributed by atoms with van der Waals surface area (Å²) in [7, 11) is 0. The molecule has 1 heterocycles. The predicted molar refractivity (Wildman–Crippen MR) is 97.7 cm³/mol. The van der Waals surface area contributed by atoms with Gasteiger partial charge >= 0.3 is 0 Å². The van der Waals surface area contributed by atoms with Gasteiger partial charge in [-0.25, -0.2) is 4.39 Å². The summed E-state index contributed by atoms with van der Waals surface area (Å²) in [6, 6.07) is 12.8. The Morgan fingerprint density at radius 1 is 1.07 bits per heavy atom. The minimum atomic E-state index is -0.628. The highest BCUT2D eigenvalue weighted by atomic mass is 32.2. The zero-order chi connectivity index (χ0) is 19.2. The fourth-order valence-electron chi connectivity index (χ4n) is 2.23. The van der Waals surface area contributed by atoms with Crippen LogP contribution in [0.4, 0.5) is 9.18 Å². The number of imide groups is 1. The molecule has 1 N–H and O–H groups in total. The van der Waals surface area contributed by atoms with Crippen molar-refractivity contribution >= 4 is 29.0 Å². The summed E-state index contributed by atoms with van der Waals surface area (Å²) in [5.41, 5.74) is 0.727. The van der Waals surface area contributed by atoms with E-state index in [-0.39, 0.29) is 24.0 Å². The topological polar surface area (TPSA) is 88.4 Å². The number of rotatable bonds is 6. The quantitative estimate of drug-likeness (QED) is 0.606. The molecular weight excluding hydrogens is 371 g/mol. The fourth-order valence-corrected chi connectivity index (χ4v) is 2.91. The predicted octanol–water partition coefficient (Wildman–Crippen LogP) is 3.48. The van der Waals surface area contributed by atoms with Crippen LogP contribution in [0.25, 0.3) is 6.08 Å². The van der Waals surface area contributed by atoms with Gasteiger partial charge in [0.2, 0.25) is 0 Å². The molecule has 0 saturated carbocycles. The van der Waals surface area contributed by atoms with Gasteiger partial charge < -0.3 is 9.47 Å². The molecule has 1 saturated heterocycles. The molecule has 6 nitrogen and oxygen atoms in total. The van der Waals surface area contributed by atoms with E-state index >= 15 is 0 Å². The van der Waals surface area contributed by atoms with E-state index in [1.54, 1.807) is 36.4 Å². The maximum atomic E-state index is 13.5. The first-order valence-corrected chi connectivity index (χ1v) is 8.67. The fraction of sp³-hybridized carbons (Fsp3) is 0.105. The van der Waals surface area contributed by atoms with Crippen LogP contribution >= 0.6 is 11.8 Å². The largest absolute Gasteiger partial charge is 0.490 e. The number of carbonyl (C=O) groups excluding carboxylic acids is 2. The summed E-state index contributed by atoms with van der Waals surface area (Å²) in [5.74, 6) is -0.108. The van der Waals surface area contributed by atoms with E-state index in [0.29, 0.717) is 16.4 Å². The van der Waals surface area contributed by atoms with Crippen LogP contribution in [0.15, 0.2) is 47.4 Å². The van der Waals surface area contributed by atoms with Crippen molar-refractivity contribution in [3.05, 3.63) is 64.3 Å². The average Bonchev–Trinajstić information content (AvgIpc) is 2.97. The van der Waals surface area contributed by atoms with Gasteiger partial charge in [0.15, 0.2) is 0 Å². The number of hydrogen-bond donors (Lipinski definition) is 1. The first-order chi connectivity index (χ1) is 13.0. The van der Waals surface area contributed by atoms with Crippen molar-refractivity contribution in [2.45, 2.75) is 0 Å². The van der Waals surface area contributed by atoms with Crippen molar-refractivity contribution in [2.24, 2.45) is 0 Å². The minimum Gasteiger partial charge on any atom is -0.490 e. The zero-order valence-corrected chi connectivity index (χ0v) is 14.7. The van der Waals surface area contributed by atoms with E-state index in [9.17, 15) is 14.0 Å². The minimum absolute atomic E-state index is 0.0356. The van der Waals surface area contributed by atoms with Crippen molar-refractivity contribution in [3.8, 4) is 17.6 Å². The molecule has 0 radical (unpaired) electrons. The smallest absolute Gasteiger partial charge is 0.290 e. The SMILES string of the molecule is N#Cc1ccc(OCCOc2ccc(/C=C3\SC(=O)NC3=O)cc2)cc1F. The van der Waals surface area contributed by atoms with Crippen molar-refractivity contribution in [1.29, 1.82) is 5.26 Å².